The summed E-state index contributed by atoms with van der Waals surface area (Å²) in [6, 6.07) is 5.11. The van der Waals surface area contributed by atoms with E-state index in [2.05, 4.69) is 39.7 Å². The maximum Gasteiger partial charge on any atom is 0.234 e. The summed E-state index contributed by atoms with van der Waals surface area (Å²) in [7, 11) is 2.06. The molecule has 1 saturated heterocycles. The van der Waals surface area contributed by atoms with Crippen molar-refractivity contribution in [3.8, 4) is 0 Å². The third-order valence-electron chi connectivity index (χ3n) is 4.94. The molecular weight excluding hydrogens is 310 g/mol. The highest BCUT2D eigenvalue weighted by Gasteiger charge is 2.26. The van der Waals surface area contributed by atoms with Crippen LogP contribution in [-0.2, 0) is 9.53 Å². The van der Waals surface area contributed by atoms with E-state index < -0.39 is 0 Å². The lowest BCUT2D eigenvalue weighted by atomic mass is 9.92. The number of morpholine rings is 1. The molecule has 0 bridgehead atoms. The molecule has 6 heteroatoms. The summed E-state index contributed by atoms with van der Waals surface area (Å²) in [5, 5.41) is 5.25. The molecule has 1 amide bonds. The molecule has 1 aliphatic heterocycles. The minimum atomic E-state index is 0.134. The minimum Gasteiger partial charge on any atom is -0.379 e. The van der Waals surface area contributed by atoms with Gasteiger partial charge in [-0.05, 0) is 31.3 Å². The summed E-state index contributed by atoms with van der Waals surface area (Å²) in [5.41, 5.74) is 0. The molecule has 128 valence electrons. The lowest BCUT2D eigenvalue weighted by molar-refractivity contribution is -0.123. The Hall–Kier alpha value is -0.950. The van der Waals surface area contributed by atoms with Gasteiger partial charge in [0.1, 0.15) is 0 Å². The van der Waals surface area contributed by atoms with Crippen molar-refractivity contribution >= 4 is 17.2 Å². The monoisotopic (exact) mass is 337 g/mol. The number of amides is 1. The molecule has 2 heterocycles. The third kappa shape index (κ3) is 4.53. The van der Waals surface area contributed by atoms with Crippen LogP contribution in [0.5, 0.6) is 0 Å². The predicted octanol–water partition coefficient (Wildman–Crippen LogP) is 1.72. The maximum atomic E-state index is 12.3. The molecule has 3 rings (SSSR count). The van der Waals surface area contributed by atoms with Gasteiger partial charge < -0.3 is 10.1 Å². The Balaban J connectivity index is 1.52. The van der Waals surface area contributed by atoms with Crippen molar-refractivity contribution in [3.05, 3.63) is 22.4 Å². The summed E-state index contributed by atoms with van der Waals surface area (Å²) in [4.78, 5) is 18.2. The summed E-state index contributed by atoms with van der Waals surface area (Å²) < 4.78 is 5.46. The van der Waals surface area contributed by atoms with Crippen molar-refractivity contribution in [1.82, 2.24) is 15.1 Å². The molecule has 0 aromatic carbocycles. The number of hydrogen-bond donors (Lipinski definition) is 1. The molecule has 0 radical (unpaired) electrons. The Morgan fingerprint density at radius 1 is 1.48 bits per heavy atom. The van der Waals surface area contributed by atoms with Crippen molar-refractivity contribution in [2.45, 2.75) is 31.3 Å². The van der Waals surface area contributed by atoms with Gasteiger partial charge in [-0.2, -0.15) is 0 Å². The molecule has 2 fully saturated rings. The number of ether oxygens (including phenoxy) is 1. The van der Waals surface area contributed by atoms with Crippen molar-refractivity contribution < 1.29 is 9.53 Å². The zero-order valence-electron chi connectivity index (χ0n) is 13.9. The molecule has 1 atom stereocenters. The van der Waals surface area contributed by atoms with Crippen LogP contribution in [0.3, 0.4) is 0 Å². The zero-order valence-corrected chi connectivity index (χ0v) is 14.7. The smallest absolute Gasteiger partial charge is 0.234 e. The molecule has 5 nitrogen and oxygen atoms in total. The molecule has 23 heavy (non-hydrogen) atoms. The summed E-state index contributed by atoms with van der Waals surface area (Å²) in [6.45, 7) is 4.60. The fourth-order valence-electron chi connectivity index (χ4n) is 3.23. The Bertz CT molecular complexity index is 484. The molecule has 1 unspecified atom stereocenters. The molecule has 1 N–H and O–H groups in total. The molecule has 2 aliphatic rings. The average Bonchev–Trinajstić information content (AvgIpc) is 3.00. The molecule has 1 aromatic rings. The molecule has 1 aliphatic carbocycles. The second-order valence-corrected chi connectivity index (χ2v) is 7.46. The van der Waals surface area contributed by atoms with Gasteiger partial charge in [0.05, 0.1) is 25.8 Å². The van der Waals surface area contributed by atoms with E-state index in [1.807, 2.05) is 0 Å². The number of nitrogens with one attached hydrogen (secondary N) is 1. The highest BCUT2D eigenvalue weighted by molar-refractivity contribution is 7.10. The van der Waals surface area contributed by atoms with Crippen LogP contribution in [-0.4, -0.2) is 68.2 Å². The Labute approximate surface area is 142 Å². The summed E-state index contributed by atoms with van der Waals surface area (Å²) in [6.07, 6.45) is 3.76. The van der Waals surface area contributed by atoms with E-state index in [1.165, 1.54) is 24.1 Å². The Morgan fingerprint density at radius 2 is 2.26 bits per heavy atom. The van der Waals surface area contributed by atoms with Crippen LogP contribution in [0.15, 0.2) is 17.5 Å². The van der Waals surface area contributed by atoms with Crippen LogP contribution in [0.25, 0.3) is 0 Å². The second-order valence-electron chi connectivity index (χ2n) is 6.48. The van der Waals surface area contributed by atoms with Gasteiger partial charge in [-0.1, -0.05) is 12.5 Å². The van der Waals surface area contributed by atoms with Crippen molar-refractivity contribution in [1.29, 1.82) is 0 Å². The molecule has 0 spiro atoms. The lowest BCUT2D eigenvalue weighted by Gasteiger charge is -2.35. The number of carbonyl (C=O) groups is 1. The summed E-state index contributed by atoms with van der Waals surface area (Å²) in [5.74, 6) is 0.134. The number of rotatable bonds is 7. The van der Waals surface area contributed by atoms with Crippen LogP contribution >= 0.6 is 11.3 Å². The van der Waals surface area contributed by atoms with Crippen molar-refractivity contribution in [2.75, 3.05) is 46.4 Å². The van der Waals surface area contributed by atoms with E-state index in [-0.39, 0.29) is 11.9 Å². The standard InChI is InChI=1S/C17H27N3O2S/c1-19(14-4-2-5-14)13-17(21)18-12-15(16-6-3-11-23-16)20-7-9-22-10-8-20/h3,6,11,14-15H,2,4-5,7-10,12-13H2,1H3,(H,18,21). The molecule has 1 saturated carbocycles. The van der Waals surface area contributed by atoms with Gasteiger partial charge in [-0.3, -0.25) is 14.6 Å². The highest BCUT2D eigenvalue weighted by atomic mass is 32.1. The number of carbonyl (C=O) groups excluding carboxylic acids is 1. The average molecular weight is 337 g/mol. The van der Waals surface area contributed by atoms with Crippen LogP contribution in [0.1, 0.15) is 30.2 Å². The normalized spacial score (nSPS) is 21.1. The van der Waals surface area contributed by atoms with Gasteiger partial charge in [0.15, 0.2) is 0 Å². The lowest BCUT2D eigenvalue weighted by Crippen LogP contribution is -2.47. The van der Waals surface area contributed by atoms with E-state index >= 15 is 0 Å². The fourth-order valence-corrected chi connectivity index (χ4v) is 4.09. The van der Waals surface area contributed by atoms with Gasteiger partial charge in [0, 0.05) is 30.6 Å². The topological polar surface area (TPSA) is 44.8 Å². The quantitative estimate of drug-likeness (QED) is 0.823. The first-order valence-corrected chi connectivity index (χ1v) is 9.44. The minimum absolute atomic E-state index is 0.134. The number of nitrogens with zero attached hydrogens (tertiary/aromatic N) is 2. The van der Waals surface area contributed by atoms with Gasteiger partial charge in [0.2, 0.25) is 5.91 Å². The van der Waals surface area contributed by atoms with Crippen molar-refractivity contribution in [3.63, 3.8) is 0 Å². The van der Waals surface area contributed by atoms with E-state index in [4.69, 9.17) is 4.74 Å². The third-order valence-corrected chi connectivity index (χ3v) is 5.92. The number of hydrogen-bond acceptors (Lipinski definition) is 5. The van der Waals surface area contributed by atoms with Gasteiger partial charge in [-0.25, -0.2) is 0 Å². The van der Waals surface area contributed by atoms with E-state index in [1.54, 1.807) is 11.3 Å². The van der Waals surface area contributed by atoms with Gasteiger partial charge in [0.25, 0.3) is 0 Å². The van der Waals surface area contributed by atoms with E-state index in [0.29, 0.717) is 19.1 Å². The first kappa shape index (κ1) is 16.9. The fraction of sp³-hybridized carbons (Fsp3) is 0.706. The SMILES string of the molecule is CN(CC(=O)NCC(c1cccs1)N1CCOCC1)C1CCC1. The van der Waals surface area contributed by atoms with Gasteiger partial charge >= 0.3 is 0 Å². The van der Waals surface area contributed by atoms with Crippen molar-refractivity contribution in [2.24, 2.45) is 0 Å². The van der Waals surface area contributed by atoms with Gasteiger partial charge in [-0.15, -0.1) is 11.3 Å². The number of thiophene rings is 1. The summed E-state index contributed by atoms with van der Waals surface area (Å²) >= 11 is 1.76. The Morgan fingerprint density at radius 3 is 2.87 bits per heavy atom. The maximum absolute atomic E-state index is 12.3. The van der Waals surface area contributed by atoms with E-state index in [9.17, 15) is 4.79 Å². The van der Waals surface area contributed by atoms with Crippen LogP contribution in [0, 0.1) is 0 Å². The molecule has 1 aromatic heterocycles. The second kappa shape index (κ2) is 8.24. The first-order chi connectivity index (χ1) is 11.2. The highest BCUT2D eigenvalue weighted by Crippen LogP contribution is 2.25. The number of likely N-dealkylation sites (N-methyl/N-ethyl adjacent to an activating group) is 1. The van der Waals surface area contributed by atoms with Crippen LogP contribution < -0.4 is 5.32 Å². The first-order valence-electron chi connectivity index (χ1n) is 8.56. The molecular formula is C17H27N3O2S. The van der Waals surface area contributed by atoms with E-state index in [0.717, 1.165) is 26.3 Å². The largest absolute Gasteiger partial charge is 0.379 e. The predicted molar refractivity (Wildman–Crippen MR) is 92.7 cm³/mol. The van der Waals surface area contributed by atoms with Crippen LogP contribution in [0.2, 0.25) is 0 Å². The Kier molecular flexibility index (Phi) is 6.05. The van der Waals surface area contributed by atoms with Crippen LogP contribution in [0.4, 0.5) is 0 Å². The zero-order chi connectivity index (χ0) is 16.1.